The standard InChI is InChI=1S/C15H16F5NO2/c16-14(17)7-5-10(6-8-14)1-2-11-3-4-12(21(22)23)9-13(11)15(18,19)20/h3-4,9-10H,1-2,5-8H2. The molecule has 0 radical (unpaired) electrons. The topological polar surface area (TPSA) is 43.1 Å². The molecule has 0 amide bonds. The lowest BCUT2D eigenvalue weighted by molar-refractivity contribution is -0.385. The van der Waals surface area contributed by atoms with Crippen LogP contribution in [0.1, 0.15) is 43.2 Å². The molecular weight excluding hydrogens is 321 g/mol. The molecule has 1 saturated carbocycles. The van der Waals surface area contributed by atoms with Crippen molar-refractivity contribution in [3.8, 4) is 0 Å². The minimum Gasteiger partial charge on any atom is -0.258 e. The number of alkyl halides is 5. The molecule has 1 aromatic rings. The van der Waals surface area contributed by atoms with Crippen molar-refractivity contribution in [1.29, 1.82) is 0 Å². The van der Waals surface area contributed by atoms with E-state index in [0.29, 0.717) is 25.3 Å². The molecule has 1 fully saturated rings. The zero-order valence-corrected chi connectivity index (χ0v) is 12.2. The summed E-state index contributed by atoms with van der Waals surface area (Å²) in [5, 5.41) is 10.6. The Kier molecular flexibility index (Phi) is 4.91. The van der Waals surface area contributed by atoms with Gasteiger partial charge in [0.15, 0.2) is 0 Å². The van der Waals surface area contributed by atoms with E-state index in [2.05, 4.69) is 0 Å². The minimum absolute atomic E-state index is 0.0274. The maximum Gasteiger partial charge on any atom is 0.416 e. The van der Waals surface area contributed by atoms with Gasteiger partial charge < -0.3 is 0 Å². The van der Waals surface area contributed by atoms with E-state index in [1.165, 1.54) is 0 Å². The molecular formula is C15H16F5NO2. The number of nitro groups is 1. The van der Waals surface area contributed by atoms with Crippen molar-refractivity contribution in [2.45, 2.75) is 50.6 Å². The van der Waals surface area contributed by atoms with Gasteiger partial charge in [-0.1, -0.05) is 6.07 Å². The Morgan fingerprint density at radius 2 is 1.83 bits per heavy atom. The fourth-order valence-corrected chi connectivity index (χ4v) is 2.91. The zero-order valence-electron chi connectivity index (χ0n) is 12.2. The van der Waals surface area contributed by atoms with Crippen LogP contribution in [0.5, 0.6) is 0 Å². The number of hydrogen-bond acceptors (Lipinski definition) is 2. The Bertz CT molecular complexity index is 576. The van der Waals surface area contributed by atoms with Crippen molar-refractivity contribution in [2.75, 3.05) is 0 Å². The Hall–Kier alpha value is -1.73. The fraction of sp³-hybridized carbons (Fsp3) is 0.600. The molecule has 0 spiro atoms. The summed E-state index contributed by atoms with van der Waals surface area (Å²) in [7, 11) is 0. The first-order chi connectivity index (χ1) is 10.6. The smallest absolute Gasteiger partial charge is 0.258 e. The number of non-ortho nitro benzene ring substituents is 1. The van der Waals surface area contributed by atoms with Gasteiger partial charge in [-0.25, -0.2) is 8.78 Å². The lowest BCUT2D eigenvalue weighted by Crippen LogP contribution is -2.25. The number of benzene rings is 1. The van der Waals surface area contributed by atoms with E-state index in [1.807, 2.05) is 0 Å². The predicted octanol–water partition coefficient (Wildman–Crippen LogP) is 5.37. The third-order valence-corrected chi connectivity index (χ3v) is 4.27. The van der Waals surface area contributed by atoms with Crippen LogP contribution in [-0.2, 0) is 12.6 Å². The molecule has 3 nitrogen and oxygen atoms in total. The third-order valence-electron chi connectivity index (χ3n) is 4.27. The van der Waals surface area contributed by atoms with Crippen LogP contribution in [0.4, 0.5) is 27.6 Å². The predicted molar refractivity (Wildman–Crippen MR) is 73.3 cm³/mol. The van der Waals surface area contributed by atoms with E-state index >= 15 is 0 Å². The molecule has 0 saturated heterocycles. The van der Waals surface area contributed by atoms with E-state index in [9.17, 15) is 32.1 Å². The molecule has 8 heteroatoms. The molecule has 0 unspecified atom stereocenters. The summed E-state index contributed by atoms with van der Waals surface area (Å²) < 4.78 is 65.2. The number of nitrogens with zero attached hydrogens (tertiary/aromatic N) is 1. The number of aryl methyl sites for hydroxylation is 1. The second-order valence-corrected chi connectivity index (χ2v) is 5.93. The highest BCUT2D eigenvalue weighted by Crippen LogP contribution is 2.39. The molecule has 2 rings (SSSR count). The van der Waals surface area contributed by atoms with Crippen molar-refractivity contribution in [2.24, 2.45) is 5.92 Å². The molecule has 1 aliphatic rings. The van der Waals surface area contributed by atoms with Crippen LogP contribution in [0.2, 0.25) is 0 Å². The van der Waals surface area contributed by atoms with Crippen molar-refractivity contribution in [1.82, 2.24) is 0 Å². The highest BCUT2D eigenvalue weighted by atomic mass is 19.4. The third kappa shape index (κ3) is 4.62. The van der Waals surface area contributed by atoms with Crippen LogP contribution >= 0.6 is 0 Å². The minimum atomic E-state index is -4.68. The molecule has 128 valence electrons. The van der Waals surface area contributed by atoms with E-state index in [0.717, 1.165) is 12.1 Å². The first-order valence-corrected chi connectivity index (χ1v) is 7.31. The van der Waals surface area contributed by atoms with Gasteiger partial charge in [0.05, 0.1) is 10.5 Å². The molecule has 0 aliphatic heterocycles. The van der Waals surface area contributed by atoms with Gasteiger partial charge in [0.25, 0.3) is 5.69 Å². The van der Waals surface area contributed by atoms with Crippen LogP contribution < -0.4 is 0 Å². The fourth-order valence-electron chi connectivity index (χ4n) is 2.91. The van der Waals surface area contributed by atoms with E-state index in [-0.39, 0.29) is 30.7 Å². The maximum atomic E-state index is 13.1. The summed E-state index contributed by atoms with van der Waals surface area (Å²) >= 11 is 0. The van der Waals surface area contributed by atoms with Crippen molar-refractivity contribution < 1.29 is 26.9 Å². The largest absolute Gasteiger partial charge is 0.416 e. The zero-order chi connectivity index (χ0) is 17.3. The highest BCUT2D eigenvalue weighted by molar-refractivity contribution is 5.41. The second kappa shape index (κ2) is 6.41. The van der Waals surface area contributed by atoms with Gasteiger partial charge in [0.1, 0.15) is 0 Å². The summed E-state index contributed by atoms with van der Waals surface area (Å²) in [6, 6.07) is 2.68. The molecule has 0 aromatic heterocycles. The monoisotopic (exact) mass is 337 g/mol. The summed E-state index contributed by atoms with van der Waals surface area (Å²) in [6.07, 6.45) is -4.11. The molecule has 1 aromatic carbocycles. The van der Waals surface area contributed by atoms with Crippen LogP contribution in [0.15, 0.2) is 18.2 Å². The first kappa shape index (κ1) is 17.6. The normalized spacial score (nSPS) is 18.8. The van der Waals surface area contributed by atoms with Gasteiger partial charge in [-0.15, -0.1) is 0 Å². The Labute approximate surface area is 129 Å². The lowest BCUT2D eigenvalue weighted by Gasteiger charge is -2.28. The summed E-state index contributed by atoms with van der Waals surface area (Å²) in [6.45, 7) is 0. The molecule has 0 heterocycles. The average molecular weight is 337 g/mol. The molecule has 0 bridgehead atoms. The summed E-state index contributed by atoms with van der Waals surface area (Å²) in [5.74, 6) is -2.70. The Morgan fingerprint density at radius 3 is 2.35 bits per heavy atom. The van der Waals surface area contributed by atoms with Gasteiger partial charge in [-0.05, 0) is 37.2 Å². The van der Waals surface area contributed by atoms with E-state index in [1.54, 1.807) is 0 Å². The first-order valence-electron chi connectivity index (χ1n) is 7.31. The van der Waals surface area contributed by atoms with Crippen LogP contribution in [0, 0.1) is 16.0 Å². The summed E-state index contributed by atoms with van der Waals surface area (Å²) in [4.78, 5) is 9.75. The number of nitro benzene ring substituents is 1. The molecule has 0 N–H and O–H groups in total. The van der Waals surface area contributed by atoms with Gasteiger partial charge in [0.2, 0.25) is 5.92 Å². The van der Waals surface area contributed by atoms with E-state index in [4.69, 9.17) is 0 Å². The SMILES string of the molecule is O=[N+]([O-])c1ccc(CCC2CCC(F)(F)CC2)c(C(F)(F)F)c1. The van der Waals surface area contributed by atoms with Gasteiger partial charge >= 0.3 is 6.18 Å². The molecule has 23 heavy (non-hydrogen) atoms. The Morgan fingerprint density at radius 1 is 1.22 bits per heavy atom. The van der Waals surface area contributed by atoms with Crippen molar-refractivity contribution >= 4 is 5.69 Å². The quantitative estimate of drug-likeness (QED) is 0.421. The van der Waals surface area contributed by atoms with Crippen molar-refractivity contribution in [3.63, 3.8) is 0 Å². The summed E-state index contributed by atoms with van der Waals surface area (Å²) in [5.41, 5.74) is -1.66. The van der Waals surface area contributed by atoms with Gasteiger partial charge in [-0.3, -0.25) is 10.1 Å². The molecule has 0 atom stereocenters. The van der Waals surface area contributed by atoms with Gasteiger partial charge in [-0.2, -0.15) is 13.2 Å². The van der Waals surface area contributed by atoms with E-state index < -0.39 is 28.3 Å². The molecule has 1 aliphatic carbocycles. The lowest BCUT2D eigenvalue weighted by atomic mass is 9.83. The highest BCUT2D eigenvalue weighted by Gasteiger charge is 2.36. The van der Waals surface area contributed by atoms with Crippen LogP contribution in [0.25, 0.3) is 0 Å². The Balaban J connectivity index is 2.09. The van der Waals surface area contributed by atoms with Crippen molar-refractivity contribution in [3.05, 3.63) is 39.4 Å². The van der Waals surface area contributed by atoms with Crippen LogP contribution in [0.3, 0.4) is 0 Å². The number of halogens is 5. The maximum absolute atomic E-state index is 13.1. The number of hydrogen-bond donors (Lipinski definition) is 0. The van der Waals surface area contributed by atoms with Crippen LogP contribution in [-0.4, -0.2) is 10.8 Å². The van der Waals surface area contributed by atoms with Gasteiger partial charge in [0, 0.05) is 25.0 Å². The average Bonchev–Trinajstić information content (AvgIpc) is 2.45. The second-order valence-electron chi connectivity index (χ2n) is 5.93. The number of rotatable bonds is 4.